The van der Waals surface area contributed by atoms with E-state index in [0.717, 1.165) is 44.7 Å². The van der Waals surface area contributed by atoms with Crippen LogP contribution in [0.2, 0.25) is 0 Å². The molecule has 0 atom stereocenters. The summed E-state index contributed by atoms with van der Waals surface area (Å²) in [6.07, 6.45) is 8.25. The van der Waals surface area contributed by atoms with Crippen LogP contribution in [0.1, 0.15) is 42.5 Å². The van der Waals surface area contributed by atoms with Crippen molar-refractivity contribution in [3.63, 3.8) is 0 Å². The molecule has 2 aliphatic heterocycles. The van der Waals surface area contributed by atoms with Crippen molar-refractivity contribution in [3.8, 4) is 0 Å². The van der Waals surface area contributed by atoms with E-state index in [1.54, 1.807) is 23.0 Å². The number of amides is 2. The lowest BCUT2D eigenvalue weighted by Gasteiger charge is -2.36. The zero-order valence-electron chi connectivity index (χ0n) is 17.0. The predicted molar refractivity (Wildman–Crippen MR) is 119 cm³/mol. The minimum atomic E-state index is -0.720. The van der Waals surface area contributed by atoms with E-state index in [1.807, 2.05) is 18.3 Å². The summed E-state index contributed by atoms with van der Waals surface area (Å²) < 4.78 is 1.77. The average Bonchev–Trinajstić information content (AvgIpc) is 3.30. The number of primary amides is 1. The van der Waals surface area contributed by atoms with Gasteiger partial charge in [-0.1, -0.05) is 0 Å². The third-order valence-corrected chi connectivity index (χ3v) is 6.01. The fourth-order valence-corrected chi connectivity index (χ4v) is 4.38. The maximum absolute atomic E-state index is 13.4. The molecule has 2 amide bonds. The molecule has 1 aromatic carbocycles. The van der Waals surface area contributed by atoms with Gasteiger partial charge in [0.25, 0.3) is 11.8 Å². The lowest BCUT2D eigenvalue weighted by molar-refractivity contribution is -0.126. The van der Waals surface area contributed by atoms with E-state index in [2.05, 4.69) is 20.6 Å². The first-order valence-electron chi connectivity index (χ1n) is 10.3. The SMILES string of the molecule is Cl.NC(=O)c1ccc(NC(=O)C2(n3cccn3)CCNCC2)cc1N1CCCCC1. The van der Waals surface area contributed by atoms with E-state index in [9.17, 15) is 9.59 Å². The Morgan fingerprint density at radius 2 is 1.87 bits per heavy atom. The number of benzene rings is 1. The van der Waals surface area contributed by atoms with Crippen molar-refractivity contribution in [3.05, 3.63) is 42.2 Å². The number of aromatic nitrogens is 2. The third-order valence-electron chi connectivity index (χ3n) is 6.01. The fraction of sp³-hybridized carbons (Fsp3) is 0.476. The number of carbonyl (C=O) groups is 2. The second kappa shape index (κ2) is 9.49. The van der Waals surface area contributed by atoms with Crippen LogP contribution < -0.4 is 21.3 Å². The van der Waals surface area contributed by atoms with Crippen molar-refractivity contribution in [2.75, 3.05) is 36.4 Å². The van der Waals surface area contributed by atoms with Crippen molar-refractivity contribution in [2.24, 2.45) is 5.73 Å². The molecule has 2 fully saturated rings. The molecule has 0 radical (unpaired) electrons. The number of nitrogens with one attached hydrogen (secondary N) is 2. The molecule has 4 rings (SSSR count). The monoisotopic (exact) mass is 432 g/mol. The van der Waals surface area contributed by atoms with Crippen LogP contribution >= 0.6 is 12.4 Å². The van der Waals surface area contributed by atoms with Crippen LogP contribution in [-0.4, -0.2) is 47.8 Å². The molecule has 0 spiro atoms. The molecular formula is C21H29ClN6O2. The van der Waals surface area contributed by atoms with Gasteiger partial charge in [0, 0.05) is 31.2 Å². The molecule has 2 aliphatic rings. The molecule has 3 heterocycles. The van der Waals surface area contributed by atoms with Gasteiger partial charge in [-0.2, -0.15) is 5.10 Å². The van der Waals surface area contributed by atoms with E-state index in [4.69, 9.17) is 5.73 Å². The number of nitrogens with zero attached hydrogens (tertiary/aromatic N) is 3. The minimum absolute atomic E-state index is 0. The van der Waals surface area contributed by atoms with Gasteiger partial charge in [0.05, 0.1) is 11.3 Å². The van der Waals surface area contributed by atoms with Crippen molar-refractivity contribution < 1.29 is 9.59 Å². The molecule has 2 saturated heterocycles. The Balaban J connectivity index is 0.00000256. The molecule has 0 saturated carbocycles. The highest BCUT2D eigenvalue weighted by Crippen LogP contribution is 2.31. The summed E-state index contributed by atoms with van der Waals surface area (Å²) in [7, 11) is 0. The fourth-order valence-electron chi connectivity index (χ4n) is 4.38. The Labute approximate surface area is 182 Å². The zero-order valence-corrected chi connectivity index (χ0v) is 17.8. The number of hydrogen-bond acceptors (Lipinski definition) is 5. The molecule has 8 nitrogen and oxygen atoms in total. The van der Waals surface area contributed by atoms with E-state index < -0.39 is 11.4 Å². The number of rotatable bonds is 5. The van der Waals surface area contributed by atoms with Crippen LogP contribution in [0.3, 0.4) is 0 Å². The summed E-state index contributed by atoms with van der Waals surface area (Å²) >= 11 is 0. The Hall–Kier alpha value is -2.58. The first kappa shape index (κ1) is 22.1. The van der Waals surface area contributed by atoms with Crippen LogP contribution in [-0.2, 0) is 10.3 Å². The number of carbonyl (C=O) groups excluding carboxylic acids is 2. The molecule has 2 aromatic rings. The number of hydrogen-bond donors (Lipinski definition) is 3. The van der Waals surface area contributed by atoms with E-state index in [1.165, 1.54) is 6.42 Å². The second-order valence-corrected chi connectivity index (χ2v) is 7.83. The Morgan fingerprint density at radius 1 is 1.13 bits per heavy atom. The topological polar surface area (TPSA) is 105 Å². The predicted octanol–water partition coefficient (Wildman–Crippen LogP) is 2.11. The summed E-state index contributed by atoms with van der Waals surface area (Å²) in [6.45, 7) is 3.29. The standard InChI is InChI=1S/C21H28N6O2.ClH/c22-19(28)17-6-5-16(15-18(17)26-12-2-1-3-13-26)25-20(29)21(7-10-23-11-8-21)27-14-4-9-24-27;/h4-6,9,14-15,23H,1-3,7-8,10-13H2,(H2,22,28)(H,25,29);1H. The number of nitrogens with two attached hydrogens (primary N) is 1. The molecular weight excluding hydrogens is 404 g/mol. The smallest absolute Gasteiger partial charge is 0.252 e. The van der Waals surface area contributed by atoms with Gasteiger partial charge in [-0.3, -0.25) is 14.3 Å². The summed E-state index contributed by atoms with van der Waals surface area (Å²) in [6, 6.07) is 7.18. The Bertz CT molecular complexity index is 874. The molecule has 30 heavy (non-hydrogen) atoms. The van der Waals surface area contributed by atoms with Crippen LogP contribution in [0.5, 0.6) is 0 Å². The highest BCUT2D eigenvalue weighted by molar-refractivity contribution is 6.01. The third kappa shape index (κ3) is 4.29. The van der Waals surface area contributed by atoms with Gasteiger partial charge in [0.2, 0.25) is 0 Å². The van der Waals surface area contributed by atoms with Gasteiger partial charge in [0.1, 0.15) is 5.54 Å². The Kier molecular flexibility index (Phi) is 6.99. The molecule has 0 aliphatic carbocycles. The maximum atomic E-state index is 13.4. The van der Waals surface area contributed by atoms with Gasteiger partial charge in [-0.15, -0.1) is 12.4 Å². The van der Waals surface area contributed by atoms with Gasteiger partial charge in [-0.05, 0) is 69.5 Å². The van der Waals surface area contributed by atoms with E-state index in [-0.39, 0.29) is 18.3 Å². The molecule has 162 valence electrons. The van der Waals surface area contributed by atoms with Gasteiger partial charge < -0.3 is 21.3 Å². The molecule has 9 heteroatoms. The van der Waals surface area contributed by atoms with Crippen LogP contribution in [0.4, 0.5) is 11.4 Å². The van der Waals surface area contributed by atoms with Crippen molar-refractivity contribution in [1.82, 2.24) is 15.1 Å². The largest absolute Gasteiger partial charge is 0.371 e. The lowest BCUT2D eigenvalue weighted by Crippen LogP contribution is -2.52. The zero-order chi connectivity index (χ0) is 20.3. The van der Waals surface area contributed by atoms with Crippen LogP contribution in [0.25, 0.3) is 0 Å². The average molecular weight is 433 g/mol. The lowest BCUT2D eigenvalue weighted by atomic mass is 9.87. The molecule has 0 bridgehead atoms. The quantitative estimate of drug-likeness (QED) is 0.671. The van der Waals surface area contributed by atoms with Gasteiger partial charge in [0.15, 0.2) is 0 Å². The summed E-state index contributed by atoms with van der Waals surface area (Å²) in [5, 5.41) is 10.8. The first-order chi connectivity index (χ1) is 14.1. The number of halogens is 1. The van der Waals surface area contributed by atoms with Crippen molar-refractivity contribution >= 4 is 35.6 Å². The number of anilines is 2. The summed E-state index contributed by atoms with van der Waals surface area (Å²) in [5.74, 6) is -0.533. The van der Waals surface area contributed by atoms with Gasteiger partial charge >= 0.3 is 0 Å². The highest BCUT2D eigenvalue weighted by atomic mass is 35.5. The summed E-state index contributed by atoms with van der Waals surface area (Å²) in [4.78, 5) is 27.5. The Morgan fingerprint density at radius 3 is 2.50 bits per heavy atom. The van der Waals surface area contributed by atoms with E-state index in [0.29, 0.717) is 24.1 Å². The first-order valence-corrected chi connectivity index (χ1v) is 10.3. The van der Waals surface area contributed by atoms with Crippen molar-refractivity contribution in [1.29, 1.82) is 0 Å². The van der Waals surface area contributed by atoms with Crippen LogP contribution in [0, 0.1) is 0 Å². The minimum Gasteiger partial charge on any atom is -0.371 e. The molecule has 1 aromatic heterocycles. The van der Waals surface area contributed by atoms with E-state index >= 15 is 0 Å². The van der Waals surface area contributed by atoms with Crippen molar-refractivity contribution in [2.45, 2.75) is 37.6 Å². The van der Waals surface area contributed by atoms with Gasteiger partial charge in [-0.25, -0.2) is 0 Å². The summed E-state index contributed by atoms with van der Waals surface area (Å²) in [5.41, 5.74) is 6.85. The maximum Gasteiger partial charge on any atom is 0.252 e. The highest BCUT2D eigenvalue weighted by Gasteiger charge is 2.42. The molecule has 4 N–H and O–H groups in total. The number of piperidine rings is 2. The van der Waals surface area contributed by atoms with Crippen LogP contribution in [0.15, 0.2) is 36.7 Å². The molecule has 0 unspecified atom stereocenters. The normalized spacial score (nSPS) is 18.3. The second-order valence-electron chi connectivity index (χ2n) is 7.83.